The number of nitrogens with one attached hydrogen (secondary N) is 1. The maximum atomic E-state index is 12.4. The molecule has 3 heterocycles. The highest BCUT2D eigenvalue weighted by molar-refractivity contribution is 5.95. The number of aromatic amines is 1. The van der Waals surface area contributed by atoms with Crippen molar-refractivity contribution in [2.75, 3.05) is 19.7 Å². The minimum Gasteiger partial charge on any atom is -0.452 e. The summed E-state index contributed by atoms with van der Waals surface area (Å²) in [4.78, 5) is 38.3. The van der Waals surface area contributed by atoms with Crippen LogP contribution < -0.4 is 0 Å². The number of hydrogen-bond donors (Lipinski definition) is 1. The van der Waals surface area contributed by atoms with E-state index in [2.05, 4.69) is 15.0 Å². The van der Waals surface area contributed by atoms with Gasteiger partial charge in [0.15, 0.2) is 6.61 Å². The van der Waals surface area contributed by atoms with Gasteiger partial charge in [-0.1, -0.05) is 12.8 Å². The lowest BCUT2D eigenvalue weighted by atomic mass is 10.2. The van der Waals surface area contributed by atoms with Gasteiger partial charge in [0, 0.05) is 31.0 Å². The first-order valence-electron chi connectivity index (χ1n) is 9.56. The molecule has 3 aromatic rings. The van der Waals surface area contributed by atoms with Crippen molar-refractivity contribution in [3.05, 3.63) is 48.3 Å². The molecular formula is C21H22N4O3. The van der Waals surface area contributed by atoms with Crippen LogP contribution in [0.3, 0.4) is 0 Å². The van der Waals surface area contributed by atoms with Gasteiger partial charge in [0.05, 0.1) is 16.6 Å². The normalized spacial score (nSPS) is 14.6. The molecule has 1 aliphatic rings. The molecule has 2 aromatic heterocycles. The van der Waals surface area contributed by atoms with Gasteiger partial charge in [-0.2, -0.15) is 0 Å². The average molecular weight is 378 g/mol. The summed E-state index contributed by atoms with van der Waals surface area (Å²) in [7, 11) is 0. The van der Waals surface area contributed by atoms with Crippen molar-refractivity contribution in [3.63, 3.8) is 0 Å². The molecule has 1 saturated heterocycles. The van der Waals surface area contributed by atoms with Gasteiger partial charge >= 0.3 is 5.97 Å². The number of hydrogen-bond acceptors (Lipinski definition) is 5. The Bertz CT molecular complexity index is 976. The fraction of sp³-hybridized carbons (Fsp3) is 0.333. The van der Waals surface area contributed by atoms with Gasteiger partial charge in [-0.25, -0.2) is 9.78 Å². The van der Waals surface area contributed by atoms with Crippen LogP contribution in [0.4, 0.5) is 0 Å². The van der Waals surface area contributed by atoms with E-state index in [9.17, 15) is 9.59 Å². The first-order valence-corrected chi connectivity index (χ1v) is 9.56. The van der Waals surface area contributed by atoms with E-state index in [4.69, 9.17) is 4.74 Å². The summed E-state index contributed by atoms with van der Waals surface area (Å²) < 4.78 is 5.25. The van der Waals surface area contributed by atoms with Crippen molar-refractivity contribution >= 4 is 22.9 Å². The number of aromatic nitrogens is 3. The predicted octanol–water partition coefficient (Wildman–Crippen LogP) is 3.18. The van der Waals surface area contributed by atoms with E-state index >= 15 is 0 Å². The van der Waals surface area contributed by atoms with Gasteiger partial charge in [0.1, 0.15) is 5.82 Å². The second-order valence-electron chi connectivity index (χ2n) is 6.93. The molecule has 144 valence electrons. The molecule has 1 aromatic carbocycles. The van der Waals surface area contributed by atoms with E-state index in [1.54, 1.807) is 35.5 Å². The Kier molecular flexibility index (Phi) is 5.32. The van der Waals surface area contributed by atoms with Crippen molar-refractivity contribution < 1.29 is 14.3 Å². The first kappa shape index (κ1) is 18.2. The number of amides is 1. The molecule has 1 N–H and O–H groups in total. The zero-order chi connectivity index (χ0) is 19.3. The molecule has 28 heavy (non-hydrogen) atoms. The third-order valence-corrected chi connectivity index (χ3v) is 4.94. The van der Waals surface area contributed by atoms with E-state index in [1.807, 2.05) is 12.1 Å². The van der Waals surface area contributed by atoms with E-state index in [0.717, 1.165) is 55.4 Å². The number of rotatable bonds is 4. The van der Waals surface area contributed by atoms with Crippen LogP contribution in [0.5, 0.6) is 0 Å². The number of esters is 1. The van der Waals surface area contributed by atoms with Crippen LogP contribution in [0.25, 0.3) is 22.4 Å². The molecule has 1 aliphatic heterocycles. The SMILES string of the molecule is O=C(OCC(=O)N1CCCCCC1)c1ccc2nc(-c3cccnc3)[nH]c2c1. The highest BCUT2D eigenvalue weighted by Crippen LogP contribution is 2.21. The fourth-order valence-electron chi connectivity index (χ4n) is 3.40. The highest BCUT2D eigenvalue weighted by Gasteiger charge is 2.18. The molecular weight excluding hydrogens is 356 g/mol. The van der Waals surface area contributed by atoms with Crippen LogP contribution in [0, 0.1) is 0 Å². The van der Waals surface area contributed by atoms with Crippen molar-refractivity contribution in [1.29, 1.82) is 0 Å². The van der Waals surface area contributed by atoms with E-state index in [1.165, 1.54) is 0 Å². The fourth-order valence-corrected chi connectivity index (χ4v) is 3.40. The summed E-state index contributed by atoms with van der Waals surface area (Å²) >= 11 is 0. The topological polar surface area (TPSA) is 88.2 Å². The number of fused-ring (bicyclic) bond motifs is 1. The van der Waals surface area contributed by atoms with Gasteiger partial charge in [-0.15, -0.1) is 0 Å². The number of carbonyl (C=O) groups is 2. The summed E-state index contributed by atoms with van der Waals surface area (Å²) in [5.74, 6) is 0.0456. The molecule has 0 saturated carbocycles. The summed E-state index contributed by atoms with van der Waals surface area (Å²) in [6.45, 7) is 1.27. The van der Waals surface area contributed by atoms with Crippen molar-refractivity contribution in [1.82, 2.24) is 19.9 Å². The molecule has 1 fully saturated rings. The third-order valence-electron chi connectivity index (χ3n) is 4.94. The minimum atomic E-state index is -0.511. The Morgan fingerprint density at radius 1 is 1.11 bits per heavy atom. The van der Waals surface area contributed by atoms with Gasteiger partial charge in [0.2, 0.25) is 0 Å². The molecule has 7 heteroatoms. The molecule has 0 atom stereocenters. The molecule has 0 aliphatic carbocycles. The summed E-state index contributed by atoms with van der Waals surface area (Å²) in [5, 5.41) is 0. The van der Waals surface area contributed by atoms with Gasteiger partial charge < -0.3 is 14.6 Å². The minimum absolute atomic E-state index is 0.128. The standard InChI is InChI=1S/C21H22N4O3/c26-19(25-10-3-1-2-4-11-25)14-28-21(27)15-7-8-17-18(12-15)24-20(23-17)16-6-5-9-22-13-16/h5-9,12-13H,1-4,10-11,14H2,(H,23,24). The lowest BCUT2D eigenvalue weighted by molar-refractivity contribution is -0.134. The molecule has 0 unspecified atom stereocenters. The number of benzene rings is 1. The summed E-state index contributed by atoms with van der Waals surface area (Å²) in [6, 6.07) is 8.87. The first-order chi connectivity index (χ1) is 13.7. The smallest absolute Gasteiger partial charge is 0.338 e. The monoisotopic (exact) mass is 378 g/mol. The van der Waals surface area contributed by atoms with Gasteiger partial charge in [-0.3, -0.25) is 9.78 Å². The van der Waals surface area contributed by atoms with Crippen LogP contribution in [0.15, 0.2) is 42.7 Å². The number of nitrogens with zero attached hydrogens (tertiary/aromatic N) is 3. The zero-order valence-corrected chi connectivity index (χ0v) is 15.6. The molecule has 4 rings (SSSR count). The van der Waals surface area contributed by atoms with Gasteiger partial charge in [-0.05, 0) is 43.2 Å². The van der Waals surface area contributed by atoms with Crippen LogP contribution in [0.1, 0.15) is 36.0 Å². The number of ether oxygens (including phenoxy) is 1. The average Bonchev–Trinajstić information content (AvgIpc) is 2.97. The number of likely N-dealkylation sites (tertiary alicyclic amines) is 1. The van der Waals surface area contributed by atoms with Crippen LogP contribution in [-0.4, -0.2) is 51.4 Å². The van der Waals surface area contributed by atoms with Crippen molar-refractivity contribution in [2.24, 2.45) is 0 Å². The predicted molar refractivity (Wildman–Crippen MR) is 105 cm³/mol. The van der Waals surface area contributed by atoms with E-state index < -0.39 is 5.97 Å². The van der Waals surface area contributed by atoms with E-state index in [-0.39, 0.29) is 12.5 Å². The maximum Gasteiger partial charge on any atom is 0.338 e. The van der Waals surface area contributed by atoms with Crippen LogP contribution in [-0.2, 0) is 9.53 Å². The van der Waals surface area contributed by atoms with Crippen LogP contribution >= 0.6 is 0 Å². The quantitative estimate of drug-likeness (QED) is 0.705. The van der Waals surface area contributed by atoms with Crippen molar-refractivity contribution in [3.8, 4) is 11.4 Å². The van der Waals surface area contributed by atoms with Gasteiger partial charge in [0.25, 0.3) is 5.91 Å². The number of imidazole rings is 1. The van der Waals surface area contributed by atoms with E-state index in [0.29, 0.717) is 11.4 Å². The third kappa shape index (κ3) is 4.03. The second-order valence-corrected chi connectivity index (χ2v) is 6.93. The van der Waals surface area contributed by atoms with Crippen molar-refractivity contribution in [2.45, 2.75) is 25.7 Å². The number of H-pyrrole nitrogens is 1. The second kappa shape index (κ2) is 8.21. The molecule has 7 nitrogen and oxygen atoms in total. The number of pyridine rings is 1. The lowest BCUT2D eigenvalue weighted by Crippen LogP contribution is -2.35. The van der Waals surface area contributed by atoms with Crippen LogP contribution in [0.2, 0.25) is 0 Å². The largest absolute Gasteiger partial charge is 0.452 e. The Balaban J connectivity index is 1.43. The Labute approximate surface area is 162 Å². The molecule has 0 radical (unpaired) electrons. The zero-order valence-electron chi connectivity index (χ0n) is 15.6. The Morgan fingerprint density at radius 3 is 2.68 bits per heavy atom. The molecule has 0 spiro atoms. The molecule has 0 bridgehead atoms. The summed E-state index contributed by atoms with van der Waals surface area (Å²) in [5.41, 5.74) is 2.73. The lowest BCUT2D eigenvalue weighted by Gasteiger charge is -2.19. The Hall–Kier alpha value is -3.22. The maximum absolute atomic E-state index is 12.4. The highest BCUT2D eigenvalue weighted by atomic mass is 16.5. The summed E-state index contributed by atoms with van der Waals surface area (Å²) in [6.07, 6.45) is 7.74. The number of carbonyl (C=O) groups excluding carboxylic acids is 2. The molecule has 1 amide bonds. The Morgan fingerprint density at radius 2 is 1.93 bits per heavy atom.